The SMILES string of the molecule is CCc1cc(C)cc(CC)c1C1=C(O)C2(CCCCC2)CC1=O.CCc1cc(C)cc(CC)c1C1=C(OC(=O)N(C)C)C2(CCCCC2)CC1=O.CCl.CN(C)C(=O)Cl. The van der Waals surface area contributed by atoms with Crippen LogP contribution in [-0.2, 0) is 40.0 Å². The summed E-state index contributed by atoms with van der Waals surface area (Å²) in [6.45, 7) is 12.7. The molecule has 2 spiro atoms. The fourth-order valence-electron chi connectivity index (χ4n) is 9.51. The van der Waals surface area contributed by atoms with E-state index in [0.29, 0.717) is 35.5 Å². The minimum Gasteiger partial charge on any atom is -0.511 e. The minimum atomic E-state index is -0.435. The van der Waals surface area contributed by atoms with Crippen molar-refractivity contribution in [2.45, 2.75) is 144 Å². The predicted octanol–water partition coefficient (Wildman–Crippen LogP) is 12.5. The van der Waals surface area contributed by atoms with Crippen molar-refractivity contribution in [3.8, 4) is 0 Å². The summed E-state index contributed by atoms with van der Waals surface area (Å²) in [5.41, 5.74) is 9.99. The Hall–Kier alpha value is -3.62. The lowest BCUT2D eigenvalue weighted by molar-refractivity contribution is -0.115. The van der Waals surface area contributed by atoms with Gasteiger partial charge in [-0.05, 0) is 110 Å². The van der Waals surface area contributed by atoms with Crippen LogP contribution in [0.1, 0.15) is 149 Å². The van der Waals surface area contributed by atoms with Crippen molar-refractivity contribution in [3.63, 3.8) is 0 Å². The fraction of sp³-hybridized carbons (Fsp3) is 0.592. The Morgan fingerprint density at radius 1 is 0.627 bits per heavy atom. The molecule has 0 heterocycles. The van der Waals surface area contributed by atoms with E-state index in [1.54, 1.807) is 28.2 Å². The third-order valence-electron chi connectivity index (χ3n) is 12.4. The second-order valence-corrected chi connectivity index (χ2v) is 17.4. The van der Waals surface area contributed by atoms with Crippen molar-refractivity contribution in [1.82, 2.24) is 9.80 Å². The van der Waals surface area contributed by atoms with E-state index in [9.17, 15) is 24.3 Å². The number of hydrogen-bond donors (Lipinski definition) is 1. The van der Waals surface area contributed by atoms with Gasteiger partial charge in [-0.15, -0.1) is 11.6 Å². The molecule has 326 valence electrons. The monoisotopic (exact) mass is 852 g/mol. The van der Waals surface area contributed by atoms with Crippen LogP contribution in [0.25, 0.3) is 11.1 Å². The molecule has 6 rings (SSSR count). The summed E-state index contributed by atoms with van der Waals surface area (Å²) in [6.07, 6.45) is 16.1. The first-order valence-electron chi connectivity index (χ1n) is 21.6. The number of aryl methyl sites for hydroxylation is 6. The van der Waals surface area contributed by atoms with Gasteiger partial charge in [0.05, 0.1) is 11.1 Å². The standard InChI is InChI=1S/C24H33NO3.C21H28O2.C3H6ClNO.CH3Cl/c1-6-17-13-16(3)14-18(7-2)20(17)21-19(26)15-24(11-9-8-10-12-24)22(21)28-23(27)25(4)5;1-4-15-11-14(3)12-16(5-2)18(15)19-17(22)13-21(20(19)23)9-7-6-8-10-21;1-5(2)3(4)6;1-2/h13-14H,6-12,15H2,1-5H3;11-12,23H,4-10,13H2,1-3H3;1-2H3;1H3. The van der Waals surface area contributed by atoms with Gasteiger partial charge in [0.1, 0.15) is 11.5 Å². The highest BCUT2D eigenvalue weighted by molar-refractivity contribution is 6.62. The van der Waals surface area contributed by atoms with Crippen LogP contribution >= 0.6 is 23.2 Å². The van der Waals surface area contributed by atoms with E-state index in [1.165, 1.54) is 62.4 Å². The molecule has 2 saturated carbocycles. The molecule has 10 heteroatoms. The third-order valence-corrected chi connectivity index (χ3v) is 12.8. The highest BCUT2D eigenvalue weighted by Gasteiger charge is 2.50. The number of amides is 2. The largest absolute Gasteiger partial charge is 0.511 e. The number of allylic oxidation sites excluding steroid dienone is 4. The Labute approximate surface area is 364 Å². The normalized spacial score (nSPS) is 17.8. The Morgan fingerprint density at radius 2 is 0.966 bits per heavy atom. The molecule has 4 aliphatic carbocycles. The maximum Gasteiger partial charge on any atom is 0.414 e. The molecule has 0 atom stereocenters. The first-order chi connectivity index (χ1) is 28.0. The molecule has 0 bridgehead atoms. The van der Waals surface area contributed by atoms with Gasteiger partial charge in [0, 0.05) is 58.2 Å². The van der Waals surface area contributed by atoms with Gasteiger partial charge in [0.25, 0.3) is 0 Å². The Bertz CT molecular complexity index is 1850. The number of ketones is 2. The molecule has 2 fully saturated rings. The number of nitrogens with zero attached hydrogens (tertiary/aromatic N) is 2. The van der Waals surface area contributed by atoms with Crippen molar-refractivity contribution in [3.05, 3.63) is 80.3 Å². The van der Waals surface area contributed by atoms with Crippen LogP contribution in [0.3, 0.4) is 0 Å². The number of halogens is 2. The van der Waals surface area contributed by atoms with E-state index >= 15 is 0 Å². The number of aliphatic hydroxyl groups is 1. The van der Waals surface area contributed by atoms with Gasteiger partial charge in [-0.1, -0.05) is 102 Å². The summed E-state index contributed by atoms with van der Waals surface area (Å²) in [5, 5.41) is 10.6. The van der Waals surface area contributed by atoms with Crippen LogP contribution in [0.2, 0.25) is 0 Å². The maximum absolute atomic E-state index is 13.4. The van der Waals surface area contributed by atoms with Crippen molar-refractivity contribution in [2.24, 2.45) is 10.8 Å². The lowest BCUT2D eigenvalue weighted by Gasteiger charge is -2.35. The zero-order chi connectivity index (χ0) is 44.2. The quantitative estimate of drug-likeness (QED) is 0.169. The van der Waals surface area contributed by atoms with E-state index in [2.05, 4.69) is 77.4 Å². The minimum absolute atomic E-state index is 0.136. The molecule has 8 nitrogen and oxygen atoms in total. The average Bonchev–Trinajstić information content (AvgIpc) is 3.60. The van der Waals surface area contributed by atoms with E-state index in [4.69, 9.17) is 16.3 Å². The van der Waals surface area contributed by atoms with Crippen LogP contribution in [0, 0.1) is 24.7 Å². The predicted molar refractivity (Wildman–Crippen MR) is 244 cm³/mol. The molecule has 0 saturated heterocycles. The van der Waals surface area contributed by atoms with Gasteiger partial charge in [-0.25, -0.2) is 4.79 Å². The van der Waals surface area contributed by atoms with Crippen molar-refractivity contribution < 1.29 is 29.0 Å². The lowest BCUT2D eigenvalue weighted by atomic mass is 9.72. The van der Waals surface area contributed by atoms with Crippen LogP contribution in [0.15, 0.2) is 35.8 Å². The lowest BCUT2D eigenvalue weighted by Crippen LogP contribution is -2.30. The summed E-state index contributed by atoms with van der Waals surface area (Å²) >= 11 is 9.54. The topological polar surface area (TPSA) is 104 Å². The van der Waals surface area contributed by atoms with Gasteiger partial charge in [0.15, 0.2) is 11.6 Å². The number of benzene rings is 2. The second kappa shape index (κ2) is 22.3. The number of ether oxygens (including phenoxy) is 1. The number of carbonyl (C=O) groups is 4. The summed E-state index contributed by atoms with van der Waals surface area (Å²) in [5.74, 6) is 1.33. The molecule has 59 heavy (non-hydrogen) atoms. The second-order valence-electron chi connectivity index (χ2n) is 17.0. The van der Waals surface area contributed by atoms with Crippen LogP contribution in [-0.4, -0.2) is 72.5 Å². The molecule has 2 aromatic rings. The zero-order valence-electron chi connectivity index (χ0n) is 37.8. The van der Waals surface area contributed by atoms with Gasteiger partial charge in [-0.3, -0.25) is 14.4 Å². The first-order valence-corrected chi connectivity index (χ1v) is 22.8. The summed E-state index contributed by atoms with van der Waals surface area (Å²) in [6, 6.07) is 8.69. The third kappa shape index (κ3) is 11.4. The van der Waals surface area contributed by atoms with Crippen molar-refractivity contribution in [1.29, 1.82) is 0 Å². The van der Waals surface area contributed by atoms with Gasteiger partial charge < -0.3 is 19.6 Å². The number of hydrogen-bond acceptors (Lipinski definition) is 6. The molecular formula is C49H70Cl2N2O6. The Morgan fingerprint density at radius 3 is 1.32 bits per heavy atom. The number of aliphatic hydroxyl groups excluding tert-OH is 1. The summed E-state index contributed by atoms with van der Waals surface area (Å²) < 4.78 is 5.98. The highest BCUT2D eigenvalue weighted by atomic mass is 35.5. The highest BCUT2D eigenvalue weighted by Crippen LogP contribution is 2.55. The average molecular weight is 854 g/mol. The van der Waals surface area contributed by atoms with E-state index in [1.807, 2.05) is 0 Å². The molecule has 0 radical (unpaired) electrons. The molecule has 0 aliphatic heterocycles. The van der Waals surface area contributed by atoms with Crippen LogP contribution in [0.4, 0.5) is 9.59 Å². The summed E-state index contributed by atoms with van der Waals surface area (Å²) in [4.78, 5) is 51.3. The Balaban J connectivity index is 0.000000271. The molecule has 1 N–H and O–H groups in total. The molecule has 2 amide bonds. The van der Waals surface area contributed by atoms with Crippen LogP contribution in [0.5, 0.6) is 0 Å². The van der Waals surface area contributed by atoms with Crippen molar-refractivity contribution in [2.75, 3.05) is 34.6 Å². The fourth-order valence-corrected chi connectivity index (χ4v) is 9.51. The maximum atomic E-state index is 13.4. The van der Waals surface area contributed by atoms with Gasteiger partial charge in [0.2, 0.25) is 0 Å². The van der Waals surface area contributed by atoms with Gasteiger partial charge in [-0.2, -0.15) is 0 Å². The molecule has 0 unspecified atom stereocenters. The molecular weight excluding hydrogens is 783 g/mol. The van der Waals surface area contributed by atoms with Gasteiger partial charge >= 0.3 is 11.5 Å². The van der Waals surface area contributed by atoms with E-state index < -0.39 is 11.5 Å². The molecule has 0 aromatic heterocycles. The Kier molecular flexibility index (Phi) is 18.8. The first kappa shape index (κ1) is 49.7. The zero-order valence-corrected chi connectivity index (χ0v) is 39.3. The van der Waals surface area contributed by atoms with Crippen LogP contribution < -0.4 is 0 Å². The molecule has 4 aliphatic rings. The number of alkyl halides is 1. The number of carbonyl (C=O) groups excluding carboxylic acids is 4. The van der Waals surface area contributed by atoms with E-state index in [-0.39, 0.29) is 22.4 Å². The van der Waals surface area contributed by atoms with E-state index in [0.717, 1.165) is 88.2 Å². The van der Waals surface area contributed by atoms with Crippen molar-refractivity contribution >= 4 is 57.4 Å². The number of rotatable bonds is 7. The number of Topliss-reactive ketones (excluding diaryl/α,β-unsaturated/α-hetero) is 2. The summed E-state index contributed by atoms with van der Waals surface area (Å²) in [7, 11) is 6.56. The smallest absolute Gasteiger partial charge is 0.414 e. The molecule has 2 aromatic carbocycles.